The number of rotatable bonds is 6. The molecule has 0 spiro atoms. The van der Waals surface area contributed by atoms with Gasteiger partial charge >= 0.3 is 0 Å². The zero-order chi connectivity index (χ0) is 12.2. The van der Waals surface area contributed by atoms with E-state index in [-0.39, 0.29) is 13.2 Å². The maximum absolute atomic E-state index is 9.83. The molecule has 1 heterocycles. The van der Waals surface area contributed by atoms with Gasteiger partial charge in [0.25, 0.3) is 0 Å². The largest absolute Gasteiger partial charge is 0.394 e. The Kier molecular flexibility index (Phi) is 4.89. The standard InChI is InChI=1S/C11H20O5/c1-4-5-14-7-8(13)10-9(6-12)15-11(2,3)16-10/h4,8-10,12-13H,1,5-7H2,2-3H3. The molecule has 0 bridgehead atoms. The molecule has 1 saturated heterocycles. The van der Waals surface area contributed by atoms with Gasteiger partial charge in [-0.25, -0.2) is 0 Å². The number of hydrogen-bond acceptors (Lipinski definition) is 5. The fraction of sp³-hybridized carbons (Fsp3) is 0.818. The van der Waals surface area contributed by atoms with E-state index in [1.165, 1.54) is 0 Å². The van der Waals surface area contributed by atoms with Crippen LogP contribution < -0.4 is 0 Å². The average molecular weight is 232 g/mol. The summed E-state index contributed by atoms with van der Waals surface area (Å²) < 4.78 is 16.1. The minimum atomic E-state index is -0.820. The molecular formula is C11H20O5. The van der Waals surface area contributed by atoms with E-state index in [0.29, 0.717) is 6.61 Å². The molecule has 0 aromatic rings. The van der Waals surface area contributed by atoms with Gasteiger partial charge < -0.3 is 24.4 Å². The van der Waals surface area contributed by atoms with E-state index in [1.54, 1.807) is 19.9 Å². The van der Waals surface area contributed by atoms with E-state index in [4.69, 9.17) is 19.3 Å². The summed E-state index contributed by atoms with van der Waals surface area (Å²) in [6.07, 6.45) is -0.298. The molecule has 3 atom stereocenters. The highest BCUT2D eigenvalue weighted by atomic mass is 16.8. The van der Waals surface area contributed by atoms with Crippen LogP contribution in [-0.4, -0.2) is 54.1 Å². The highest BCUT2D eigenvalue weighted by molar-refractivity contribution is 4.86. The molecule has 94 valence electrons. The van der Waals surface area contributed by atoms with Crippen molar-refractivity contribution in [1.29, 1.82) is 0 Å². The molecule has 1 rings (SSSR count). The lowest BCUT2D eigenvalue weighted by molar-refractivity contribution is -0.159. The van der Waals surface area contributed by atoms with Crippen molar-refractivity contribution >= 4 is 0 Å². The van der Waals surface area contributed by atoms with Crippen LogP contribution in [0.25, 0.3) is 0 Å². The van der Waals surface area contributed by atoms with Crippen LogP contribution in [-0.2, 0) is 14.2 Å². The minimum Gasteiger partial charge on any atom is -0.394 e. The molecule has 0 radical (unpaired) electrons. The highest BCUT2D eigenvalue weighted by Gasteiger charge is 2.44. The number of aliphatic hydroxyl groups is 2. The van der Waals surface area contributed by atoms with Crippen molar-refractivity contribution in [2.24, 2.45) is 0 Å². The van der Waals surface area contributed by atoms with Crippen molar-refractivity contribution in [3.05, 3.63) is 12.7 Å². The third-order valence-electron chi connectivity index (χ3n) is 2.31. The third kappa shape index (κ3) is 3.54. The van der Waals surface area contributed by atoms with Gasteiger partial charge in [-0.05, 0) is 13.8 Å². The van der Waals surface area contributed by atoms with Crippen molar-refractivity contribution in [2.75, 3.05) is 19.8 Å². The summed E-state index contributed by atoms with van der Waals surface area (Å²) >= 11 is 0. The first-order chi connectivity index (χ1) is 7.50. The summed E-state index contributed by atoms with van der Waals surface area (Å²) in [5.74, 6) is -0.780. The molecule has 0 amide bonds. The normalized spacial score (nSPS) is 30.2. The molecule has 5 nitrogen and oxygen atoms in total. The van der Waals surface area contributed by atoms with Crippen molar-refractivity contribution < 1.29 is 24.4 Å². The van der Waals surface area contributed by atoms with E-state index in [2.05, 4.69) is 6.58 Å². The zero-order valence-corrected chi connectivity index (χ0v) is 9.76. The maximum atomic E-state index is 9.83. The molecule has 0 aliphatic carbocycles. The second-order valence-electron chi connectivity index (χ2n) is 4.21. The first-order valence-corrected chi connectivity index (χ1v) is 5.33. The topological polar surface area (TPSA) is 68.2 Å². The zero-order valence-electron chi connectivity index (χ0n) is 9.76. The fourth-order valence-electron chi connectivity index (χ4n) is 1.70. The summed E-state index contributed by atoms with van der Waals surface area (Å²) in [5, 5.41) is 18.9. The number of hydrogen-bond donors (Lipinski definition) is 2. The SMILES string of the molecule is C=CCOCC(O)C1OC(C)(C)OC1CO. The monoisotopic (exact) mass is 232 g/mol. The van der Waals surface area contributed by atoms with Crippen LogP contribution in [0.15, 0.2) is 12.7 Å². The molecule has 2 N–H and O–H groups in total. The first kappa shape index (κ1) is 13.6. The van der Waals surface area contributed by atoms with Crippen LogP contribution in [0.4, 0.5) is 0 Å². The van der Waals surface area contributed by atoms with Crippen molar-refractivity contribution in [3.63, 3.8) is 0 Å². The van der Waals surface area contributed by atoms with Gasteiger partial charge in [-0.1, -0.05) is 6.08 Å². The molecule has 0 saturated carbocycles. The molecule has 1 aliphatic heterocycles. The van der Waals surface area contributed by atoms with Gasteiger partial charge in [-0.2, -0.15) is 0 Å². The summed E-state index contributed by atoms with van der Waals surface area (Å²) in [4.78, 5) is 0. The van der Waals surface area contributed by atoms with Crippen LogP contribution in [0.5, 0.6) is 0 Å². The first-order valence-electron chi connectivity index (χ1n) is 5.33. The minimum absolute atomic E-state index is 0.132. The molecule has 16 heavy (non-hydrogen) atoms. The van der Waals surface area contributed by atoms with E-state index in [1.807, 2.05) is 0 Å². The lowest BCUT2D eigenvalue weighted by Crippen LogP contribution is -2.40. The highest BCUT2D eigenvalue weighted by Crippen LogP contribution is 2.29. The van der Waals surface area contributed by atoms with E-state index in [0.717, 1.165) is 0 Å². The Bertz CT molecular complexity index is 228. The predicted molar refractivity (Wildman–Crippen MR) is 57.9 cm³/mol. The van der Waals surface area contributed by atoms with Gasteiger partial charge in [-0.15, -0.1) is 6.58 Å². The Balaban J connectivity index is 2.47. The second-order valence-corrected chi connectivity index (χ2v) is 4.21. The maximum Gasteiger partial charge on any atom is 0.164 e. The second kappa shape index (κ2) is 5.75. The van der Waals surface area contributed by atoms with Crippen LogP contribution in [0, 0.1) is 0 Å². The molecule has 0 aromatic heterocycles. The lowest BCUT2D eigenvalue weighted by Gasteiger charge is -2.21. The van der Waals surface area contributed by atoms with E-state index in [9.17, 15) is 5.11 Å². The fourth-order valence-corrected chi connectivity index (χ4v) is 1.70. The van der Waals surface area contributed by atoms with Crippen LogP contribution >= 0.6 is 0 Å². The summed E-state index contributed by atoms with van der Waals surface area (Å²) in [6.45, 7) is 7.31. The van der Waals surface area contributed by atoms with Gasteiger partial charge in [0.15, 0.2) is 5.79 Å². The van der Waals surface area contributed by atoms with Gasteiger partial charge in [0.05, 0.1) is 19.8 Å². The lowest BCUT2D eigenvalue weighted by atomic mass is 10.1. The average Bonchev–Trinajstić information content (AvgIpc) is 2.54. The van der Waals surface area contributed by atoms with Crippen LogP contribution in [0.3, 0.4) is 0 Å². The van der Waals surface area contributed by atoms with Crippen molar-refractivity contribution in [1.82, 2.24) is 0 Å². The molecule has 5 heteroatoms. The predicted octanol–water partition coefficient (Wildman–Crippen LogP) is 0.0623. The van der Waals surface area contributed by atoms with Gasteiger partial charge in [-0.3, -0.25) is 0 Å². The molecule has 1 fully saturated rings. The van der Waals surface area contributed by atoms with Crippen molar-refractivity contribution in [2.45, 2.75) is 37.9 Å². The number of aliphatic hydroxyl groups excluding tert-OH is 2. The number of ether oxygens (including phenoxy) is 3. The van der Waals surface area contributed by atoms with Crippen molar-refractivity contribution in [3.8, 4) is 0 Å². The summed E-state index contributed by atoms with van der Waals surface area (Å²) in [7, 11) is 0. The van der Waals surface area contributed by atoms with E-state index < -0.39 is 24.1 Å². The van der Waals surface area contributed by atoms with Crippen LogP contribution in [0.2, 0.25) is 0 Å². The van der Waals surface area contributed by atoms with Gasteiger partial charge in [0.1, 0.15) is 18.3 Å². The quantitative estimate of drug-likeness (QED) is 0.501. The van der Waals surface area contributed by atoms with E-state index >= 15 is 0 Å². The molecule has 0 aromatic carbocycles. The Labute approximate surface area is 95.6 Å². The van der Waals surface area contributed by atoms with Gasteiger partial charge in [0.2, 0.25) is 0 Å². The smallest absolute Gasteiger partial charge is 0.164 e. The Hall–Kier alpha value is -0.460. The molecule has 3 unspecified atom stereocenters. The molecule has 1 aliphatic rings. The van der Waals surface area contributed by atoms with Crippen LogP contribution in [0.1, 0.15) is 13.8 Å². The summed E-state index contributed by atoms with van der Waals surface area (Å²) in [5.41, 5.74) is 0. The third-order valence-corrected chi connectivity index (χ3v) is 2.31. The Morgan fingerprint density at radius 3 is 2.75 bits per heavy atom. The molecular weight excluding hydrogens is 212 g/mol. The Morgan fingerprint density at radius 2 is 2.19 bits per heavy atom. The van der Waals surface area contributed by atoms with Gasteiger partial charge in [0, 0.05) is 0 Å². The Morgan fingerprint density at radius 1 is 1.50 bits per heavy atom. The summed E-state index contributed by atoms with van der Waals surface area (Å²) in [6, 6.07) is 0.